The highest BCUT2D eigenvalue weighted by Gasteiger charge is 2.43. The van der Waals surface area contributed by atoms with Crippen LogP contribution in [0.4, 0.5) is 0 Å². The summed E-state index contributed by atoms with van der Waals surface area (Å²) in [6.45, 7) is 10.2. The highest BCUT2D eigenvalue weighted by molar-refractivity contribution is 7.98. The zero-order valence-electron chi connectivity index (χ0n) is 28.5. The number of hydrogen-bond donors (Lipinski definition) is 3. The number of carbonyl (C=O) groups is 2. The van der Waals surface area contributed by atoms with Crippen molar-refractivity contribution in [2.45, 2.75) is 66.1 Å². The molecular formula is C40H40N4O4S. The molecule has 2 fully saturated rings. The lowest BCUT2D eigenvalue weighted by Gasteiger charge is -2.16. The van der Waals surface area contributed by atoms with Gasteiger partial charge in [-0.1, -0.05) is 44.2 Å². The van der Waals surface area contributed by atoms with Gasteiger partial charge in [-0.3, -0.25) is 9.59 Å². The van der Waals surface area contributed by atoms with E-state index in [0.717, 1.165) is 74.2 Å². The Morgan fingerprint density at radius 1 is 0.959 bits per heavy atom. The number of fused-ring (bicyclic) bond motifs is 5. The van der Waals surface area contributed by atoms with E-state index in [1.165, 1.54) is 5.56 Å². The van der Waals surface area contributed by atoms with E-state index >= 15 is 0 Å². The summed E-state index contributed by atoms with van der Waals surface area (Å²) in [4.78, 5) is 40.5. The minimum atomic E-state index is -0.854. The van der Waals surface area contributed by atoms with Crippen LogP contribution in [0.1, 0.15) is 65.9 Å². The standard InChI is InChI=1S/C40H40N4O4S/c1-6-25-20(2)28-17-33-37(35(46)19-49-18-24-10-8-7-9-11-24)22(4)30(42-33)15-29-21(3)26(12-13-36(47)48)39(43-29)27-14-34(45)38-23(5)31(44-40(27)38)16-32(25)41-28/h7-11,15-17,21,26,43,46H,6,12-14,18-19H2,1-5H3,(H,47,48)/b28-17?,29-15?,31-16?,37-35+,39-27?/t21-,26-/m0/s1. The van der Waals surface area contributed by atoms with Gasteiger partial charge >= 0.3 is 5.97 Å². The number of carbonyl (C=O) groups excluding carboxylic acids is 1. The Bertz CT molecular complexity index is 2060. The van der Waals surface area contributed by atoms with Crippen LogP contribution in [0.5, 0.6) is 0 Å². The first-order valence-corrected chi connectivity index (χ1v) is 18.0. The van der Waals surface area contributed by atoms with Gasteiger partial charge in [0.25, 0.3) is 0 Å². The average molecular weight is 673 g/mol. The fraction of sp³-hybridized carbons (Fsp3) is 0.325. The predicted molar refractivity (Wildman–Crippen MR) is 197 cm³/mol. The highest BCUT2D eigenvalue weighted by Crippen LogP contribution is 2.45. The molecule has 5 heterocycles. The molecule has 0 amide bonds. The van der Waals surface area contributed by atoms with E-state index < -0.39 is 5.97 Å². The molecular weight excluding hydrogens is 633 g/mol. The maximum absolute atomic E-state index is 13.5. The monoisotopic (exact) mass is 672 g/mol. The molecule has 5 aliphatic heterocycles. The summed E-state index contributed by atoms with van der Waals surface area (Å²) in [5.74, 6) is 0.441. The molecule has 49 heavy (non-hydrogen) atoms. The minimum Gasteiger partial charge on any atom is -0.511 e. The first-order chi connectivity index (χ1) is 23.5. The second kappa shape index (κ2) is 12.9. The third-order valence-corrected chi connectivity index (χ3v) is 11.4. The van der Waals surface area contributed by atoms with Crippen LogP contribution in [0, 0.1) is 11.8 Å². The van der Waals surface area contributed by atoms with Gasteiger partial charge in [0, 0.05) is 58.5 Å². The third-order valence-electron chi connectivity index (χ3n) is 10.3. The van der Waals surface area contributed by atoms with Gasteiger partial charge < -0.3 is 15.5 Å². The van der Waals surface area contributed by atoms with Crippen molar-refractivity contribution in [3.63, 3.8) is 0 Å². The van der Waals surface area contributed by atoms with Gasteiger partial charge in [-0.05, 0) is 79.7 Å². The van der Waals surface area contributed by atoms with Gasteiger partial charge in [0.2, 0.25) is 0 Å². The fourth-order valence-corrected chi connectivity index (χ4v) is 8.51. The molecule has 8 bridgehead atoms. The van der Waals surface area contributed by atoms with Gasteiger partial charge in [0.1, 0.15) is 5.76 Å². The first kappa shape index (κ1) is 32.8. The van der Waals surface area contributed by atoms with Crippen molar-refractivity contribution in [3.8, 4) is 0 Å². The van der Waals surface area contributed by atoms with E-state index in [-0.39, 0.29) is 36.2 Å². The molecule has 2 atom stereocenters. The second-order valence-electron chi connectivity index (χ2n) is 13.3. The van der Waals surface area contributed by atoms with Crippen LogP contribution in [-0.2, 0) is 15.3 Å². The van der Waals surface area contributed by atoms with Crippen LogP contribution < -0.4 is 5.32 Å². The van der Waals surface area contributed by atoms with E-state index in [1.807, 2.05) is 50.3 Å². The van der Waals surface area contributed by atoms with E-state index in [9.17, 15) is 19.8 Å². The molecule has 1 aliphatic carbocycles. The van der Waals surface area contributed by atoms with E-state index in [1.54, 1.807) is 11.8 Å². The molecule has 1 saturated carbocycles. The summed E-state index contributed by atoms with van der Waals surface area (Å²) in [5, 5.41) is 24.9. The molecule has 0 spiro atoms. The Labute approximate surface area is 291 Å². The van der Waals surface area contributed by atoms with Crippen molar-refractivity contribution in [3.05, 3.63) is 127 Å². The Morgan fingerprint density at radius 3 is 2.43 bits per heavy atom. The van der Waals surface area contributed by atoms with Crippen molar-refractivity contribution in [1.82, 2.24) is 5.32 Å². The van der Waals surface area contributed by atoms with Crippen LogP contribution >= 0.6 is 11.8 Å². The number of nitrogens with zero attached hydrogens (tertiary/aromatic N) is 3. The Balaban J connectivity index is 1.40. The van der Waals surface area contributed by atoms with Gasteiger partial charge in [-0.2, -0.15) is 0 Å². The number of aliphatic hydroxyl groups is 1. The fourth-order valence-electron chi connectivity index (χ4n) is 7.64. The summed E-state index contributed by atoms with van der Waals surface area (Å²) in [6, 6.07) is 10.2. The van der Waals surface area contributed by atoms with Crippen LogP contribution in [0.2, 0.25) is 0 Å². The Hall–Kier alpha value is -4.76. The number of aliphatic imine (C=N–C) groups is 3. The number of benzene rings is 1. The molecule has 1 aromatic rings. The van der Waals surface area contributed by atoms with Crippen molar-refractivity contribution in [2.24, 2.45) is 26.8 Å². The normalized spacial score (nSPS) is 23.9. The number of thioether (sulfide) groups is 1. The number of Topliss-reactive ketones (excluding diaryl/α,β-unsaturated/α-hetero) is 1. The molecule has 250 valence electrons. The molecule has 0 unspecified atom stereocenters. The minimum absolute atomic E-state index is 0.0123. The Morgan fingerprint density at radius 2 is 1.69 bits per heavy atom. The lowest BCUT2D eigenvalue weighted by atomic mass is 9.86. The summed E-state index contributed by atoms with van der Waals surface area (Å²) < 4.78 is 0. The molecule has 0 radical (unpaired) electrons. The number of hydrogen-bond acceptors (Lipinski definition) is 8. The molecule has 8 nitrogen and oxygen atoms in total. The van der Waals surface area contributed by atoms with Crippen LogP contribution in [-0.4, -0.2) is 44.9 Å². The molecule has 1 aromatic carbocycles. The summed E-state index contributed by atoms with van der Waals surface area (Å²) in [6.07, 6.45) is 7.40. The number of ketones is 1. The number of aliphatic carboxylic acids is 1. The number of carboxylic acid groups (broad SMARTS) is 1. The van der Waals surface area contributed by atoms with E-state index in [2.05, 4.69) is 38.2 Å². The molecule has 9 heteroatoms. The maximum Gasteiger partial charge on any atom is 0.303 e. The summed E-state index contributed by atoms with van der Waals surface area (Å²) >= 11 is 1.65. The smallest absolute Gasteiger partial charge is 0.303 e. The number of allylic oxidation sites excluding steroid dienone is 12. The second-order valence-corrected chi connectivity index (χ2v) is 14.3. The van der Waals surface area contributed by atoms with Gasteiger partial charge in [-0.25, -0.2) is 15.0 Å². The highest BCUT2D eigenvalue weighted by atomic mass is 32.2. The van der Waals surface area contributed by atoms with Crippen LogP contribution in [0.15, 0.2) is 137 Å². The first-order valence-electron chi connectivity index (χ1n) is 16.9. The topological polar surface area (TPSA) is 124 Å². The molecule has 6 aliphatic rings. The van der Waals surface area contributed by atoms with E-state index in [4.69, 9.17) is 15.0 Å². The van der Waals surface area contributed by atoms with Crippen LogP contribution in [0.25, 0.3) is 0 Å². The lowest BCUT2D eigenvalue weighted by Crippen LogP contribution is -2.14. The van der Waals surface area contributed by atoms with Gasteiger partial charge in [0.15, 0.2) is 5.78 Å². The van der Waals surface area contributed by atoms with Gasteiger partial charge in [-0.15, -0.1) is 11.8 Å². The zero-order valence-corrected chi connectivity index (χ0v) is 29.3. The number of aliphatic hydroxyl groups excluding tert-OH is 1. The van der Waals surface area contributed by atoms with Crippen molar-refractivity contribution in [2.75, 3.05) is 5.75 Å². The average Bonchev–Trinajstić information content (AvgIpc) is 3.83. The lowest BCUT2D eigenvalue weighted by molar-refractivity contribution is -0.137. The predicted octanol–water partition coefficient (Wildman–Crippen LogP) is 8.03. The van der Waals surface area contributed by atoms with Crippen LogP contribution in [0.3, 0.4) is 0 Å². The quantitative estimate of drug-likeness (QED) is 0.240. The summed E-state index contributed by atoms with van der Waals surface area (Å²) in [5.41, 5.74) is 13.4. The van der Waals surface area contributed by atoms with Crippen molar-refractivity contribution < 1.29 is 19.8 Å². The number of nitrogens with one attached hydrogen (secondary N) is 1. The largest absolute Gasteiger partial charge is 0.511 e. The number of rotatable bonds is 8. The van der Waals surface area contributed by atoms with Crippen molar-refractivity contribution >= 4 is 40.6 Å². The van der Waals surface area contributed by atoms with Crippen molar-refractivity contribution in [1.29, 1.82) is 0 Å². The molecule has 3 N–H and O–H groups in total. The Kier molecular flexibility index (Phi) is 8.65. The zero-order chi connectivity index (χ0) is 34.6. The van der Waals surface area contributed by atoms with E-state index in [0.29, 0.717) is 34.7 Å². The van der Waals surface area contributed by atoms with Gasteiger partial charge in [0.05, 0.1) is 40.0 Å². The SMILES string of the molecule is CCC1=C(C)C2=CC3=NC(=C(C)/C3=C(\O)CSCc3ccccc3)C=C3NC(=C4CC(=O)C5=C(C)C(=CC1=N2)N=C45)[C@@H](CCC(=O)O)[C@@H]3C. The maximum atomic E-state index is 13.5. The molecule has 7 rings (SSSR count). The number of carboxylic acids is 1. The third kappa shape index (κ3) is 5.84. The molecule has 0 aromatic heterocycles. The summed E-state index contributed by atoms with van der Waals surface area (Å²) in [7, 11) is 0. The molecule has 1 saturated heterocycles.